The number of aryl methyl sites for hydroxylation is 1. The first-order valence-electron chi connectivity index (χ1n) is 6.02. The van der Waals surface area contributed by atoms with Crippen molar-refractivity contribution in [2.45, 2.75) is 46.1 Å². The van der Waals surface area contributed by atoms with E-state index in [0.717, 1.165) is 25.0 Å². The molecule has 0 bridgehead atoms. The number of hydrogen-bond donors (Lipinski definition) is 1. The van der Waals surface area contributed by atoms with E-state index in [1.54, 1.807) is 0 Å². The van der Waals surface area contributed by atoms with Gasteiger partial charge in [-0.2, -0.15) is 0 Å². The summed E-state index contributed by atoms with van der Waals surface area (Å²) < 4.78 is 5.70. The highest BCUT2D eigenvalue weighted by Gasteiger charge is 2.03. The van der Waals surface area contributed by atoms with Crippen LogP contribution in [0.15, 0.2) is 18.2 Å². The lowest BCUT2D eigenvalue weighted by Crippen LogP contribution is -2.07. The number of aliphatic hydroxyl groups excluding tert-OH is 1. The summed E-state index contributed by atoms with van der Waals surface area (Å²) in [6, 6.07) is 6.10. The van der Waals surface area contributed by atoms with E-state index in [1.807, 2.05) is 19.1 Å². The maximum atomic E-state index is 9.40. The predicted molar refractivity (Wildman–Crippen MR) is 66.9 cm³/mol. The minimum absolute atomic E-state index is 0.179. The molecule has 1 aromatic carbocycles. The largest absolute Gasteiger partial charge is 0.493 e. The van der Waals surface area contributed by atoms with Crippen molar-refractivity contribution in [1.82, 2.24) is 0 Å². The molecule has 0 spiro atoms. The fourth-order valence-corrected chi connectivity index (χ4v) is 1.59. The van der Waals surface area contributed by atoms with Crippen molar-refractivity contribution >= 4 is 0 Å². The zero-order chi connectivity index (χ0) is 12.0. The summed E-state index contributed by atoms with van der Waals surface area (Å²) in [5.41, 5.74) is 2.46. The molecule has 1 unspecified atom stereocenters. The Morgan fingerprint density at radius 1 is 1.31 bits per heavy atom. The van der Waals surface area contributed by atoms with Gasteiger partial charge in [-0.25, -0.2) is 0 Å². The number of aliphatic hydroxyl groups is 1. The first-order valence-corrected chi connectivity index (χ1v) is 6.02. The van der Waals surface area contributed by atoms with E-state index in [-0.39, 0.29) is 6.10 Å². The number of benzene rings is 1. The SMILES string of the molecule is CCC(O)CCCOc1cccc(C)c1C. The fraction of sp³-hybridized carbons (Fsp3) is 0.571. The first-order chi connectivity index (χ1) is 7.65. The Hall–Kier alpha value is -1.02. The Labute approximate surface area is 98.3 Å². The second-order valence-corrected chi connectivity index (χ2v) is 4.25. The van der Waals surface area contributed by atoms with Gasteiger partial charge in [0.2, 0.25) is 0 Å². The van der Waals surface area contributed by atoms with Crippen molar-refractivity contribution in [3.8, 4) is 5.75 Å². The highest BCUT2D eigenvalue weighted by atomic mass is 16.5. The van der Waals surface area contributed by atoms with Gasteiger partial charge in [0, 0.05) is 0 Å². The van der Waals surface area contributed by atoms with Crippen LogP contribution in [0, 0.1) is 13.8 Å². The average Bonchev–Trinajstić information content (AvgIpc) is 2.29. The van der Waals surface area contributed by atoms with Crippen molar-refractivity contribution in [1.29, 1.82) is 0 Å². The highest BCUT2D eigenvalue weighted by Crippen LogP contribution is 2.20. The Morgan fingerprint density at radius 3 is 2.75 bits per heavy atom. The van der Waals surface area contributed by atoms with Gasteiger partial charge in [-0.05, 0) is 50.3 Å². The molecule has 0 aliphatic heterocycles. The van der Waals surface area contributed by atoms with Crippen LogP contribution < -0.4 is 4.74 Å². The Kier molecular flexibility index (Phi) is 5.33. The van der Waals surface area contributed by atoms with Crippen molar-refractivity contribution < 1.29 is 9.84 Å². The third-order valence-corrected chi connectivity index (χ3v) is 2.97. The lowest BCUT2D eigenvalue weighted by molar-refractivity contribution is 0.148. The molecule has 2 nitrogen and oxygen atoms in total. The van der Waals surface area contributed by atoms with Crippen LogP contribution in [0.1, 0.15) is 37.3 Å². The van der Waals surface area contributed by atoms with Crippen LogP contribution in [0.25, 0.3) is 0 Å². The normalized spacial score (nSPS) is 12.5. The van der Waals surface area contributed by atoms with Gasteiger partial charge in [0.1, 0.15) is 5.75 Å². The molecule has 0 saturated carbocycles. The van der Waals surface area contributed by atoms with Crippen molar-refractivity contribution in [2.75, 3.05) is 6.61 Å². The van der Waals surface area contributed by atoms with Gasteiger partial charge in [0.05, 0.1) is 12.7 Å². The molecule has 0 amide bonds. The van der Waals surface area contributed by atoms with E-state index in [4.69, 9.17) is 4.74 Å². The van der Waals surface area contributed by atoms with Crippen LogP contribution in [0.4, 0.5) is 0 Å². The van der Waals surface area contributed by atoms with Gasteiger partial charge in [0.25, 0.3) is 0 Å². The van der Waals surface area contributed by atoms with Crippen molar-refractivity contribution in [3.63, 3.8) is 0 Å². The molecule has 2 heteroatoms. The quantitative estimate of drug-likeness (QED) is 0.749. The summed E-state index contributed by atoms with van der Waals surface area (Å²) in [7, 11) is 0. The van der Waals surface area contributed by atoms with Gasteiger partial charge in [0.15, 0.2) is 0 Å². The topological polar surface area (TPSA) is 29.5 Å². The third kappa shape index (κ3) is 3.86. The van der Waals surface area contributed by atoms with Gasteiger partial charge >= 0.3 is 0 Å². The molecule has 0 radical (unpaired) electrons. The monoisotopic (exact) mass is 222 g/mol. The van der Waals surface area contributed by atoms with Gasteiger partial charge in [-0.3, -0.25) is 0 Å². The number of rotatable bonds is 6. The maximum absolute atomic E-state index is 9.40. The van der Waals surface area contributed by atoms with E-state index >= 15 is 0 Å². The van der Waals surface area contributed by atoms with Gasteiger partial charge in [-0.1, -0.05) is 19.1 Å². The lowest BCUT2D eigenvalue weighted by Gasteiger charge is -2.12. The van der Waals surface area contributed by atoms with Crippen LogP contribution in [0.5, 0.6) is 5.75 Å². The molecule has 0 aliphatic rings. The Bertz CT molecular complexity index is 321. The Balaban J connectivity index is 2.35. The highest BCUT2D eigenvalue weighted by molar-refractivity contribution is 5.38. The van der Waals surface area contributed by atoms with E-state index in [0.29, 0.717) is 6.61 Å². The summed E-state index contributed by atoms with van der Waals surface area (Å²) in [4.78, 5) is 0. The van der Waals surface area contributed by atoms with Gasteiger partial charge in [-0.15, -0.1) is 0 Å². The molecule has 1 atom stereocenters. The predicted octanol–water partition coefficient (Wildman–Crippen LogP) is 3.23. The number of hydrogen-bond acceptors (Lipinski definition) is 2. The Morgan fingerprint density at radius 2 is 2.06 bits per heavy atom. The molecule has 1 N–H and O–H groups in total. The van der Waals surface area contributed by atoms with Crippen molar-refractivity contribution in [3.05, 3.63) is 29.3 Å². The molecule has 1 aromatic rings. The first kappa shape index (κ1) is 13.0. The molecule has 0 aromatic heterocycles. The van der Waals surface area contributed by atoms with E-state index in [9.17, 15) is 5.11 Å². The minimum Gasteiger partial charge on any atom is -0.493 e. The van der Waals surface area contributed by atoms with E-state index < -0.39 is 0 Å². The average molecular weight is 222 g/mol. The zero-order valence-corrected chi connectivity index (χ0v) is 10.5. The minimum atomic E-state index is -0.179. The second kappa shape index (κ2) is 6.54. The van der Waals surface area contributed by atoms with Crippen LogP contribution in [0.3, 0.4) is 0 Å². The standard InChI is InChI=1S/C14H22O2/c1-4-13(15)8-6-10-16-14-9-5-7-11(2)12(14)3/h5,7,9,13,15H,4,6,8,10H2,1-3H3. The number of ether oxygens (including phenoxy) is 1. The van der Waals surface area contributed by atoms with E-state index in [1.165, 1.54) is 11.1 Å². The third-order valence-electron chi connectivity index (χ3n) is 2.97. The summed E-state index contributed by atoms with van der Waals surface area (Å²) in [6.45, 7) is 6.84. The van der Waals surface area contributed by atoms with Crippen LogP contribution in [-0.4, -0.2) is 17.8 Å². The summed E-state index contributed by atoms with van der Waals surface area (Å²) >= 11 is 0. The molecule has 0 aliphatic carbocycles. The van der Waals surface area contributed by atoms with Gasteiger partial charge < -0.3 is 9.84 Å². The summed E-state index contributed by atoms with van der Waals surface area (Å²) in [6.07, 6.45) is 2.37. The molecule has 1 rings (SSSR count). The molecule has 0 saturated heterocycles. The molecule has 0 heterocycles. The van der Waals surface area contributed by atoms with E-state index in [2.05, 4.69) is 19.9 Å². The van der Waals surface area contributed by atoms with Crippen LogP contribution >= 0.6 is 0 Å². The molecule has 90 valence electrons. The molecule has 0 fully saturated rings. The smallest absolute Gasteiger partial charge is 0.122 e. The lowest BCUT2D eigenvalue weighted by atomic mass is 10.1. The van der Waals surface area contributed by atoms with Crippen LogP contribution in [0.2, 0.25) is 0 Å². The molecule has 16 heavy (non-hydrogen) atoms. The fourth-order valence-electron chi connectivity index (χ4n) is 1.59. The summed E-state index contributed by atoms with van der Waals surface area (Å²) in [5, 5.41) is 9.40. The second-order valence-electron chi connectivity index (χ2n) is 4.25. The summed E-state index contributed by atoms with van der Waals surface area (Å²) in [5.74, 6) is 0.964. The van der Waals surface area contributed by atoms with Crippen molar-refractivity contribution in [2.24, 2.45) is 0 Å². The van der Waals surface area contributed by atoms with Crippen LogP contribution in [-0.2, 0) is 0 Å². The maximum Gasteiger partial charge on any atom is 0.122 e. The zero-order valence-electron chi connectivity index (χ0n) is 10.5. The molecular weight excluding hydrogens is 200 g/mol. The molecular formula is C14H22O2.